The van der Waals surface area contributed by atoms with Crippen molar-refractivity contribution in [1.29, 1.82) is 0 Å². The fraction of sp³-hybridized carbons (Fsp3) is 0.429. The standard InChI is InChI=1S/C14H19NO5S/c1-10(2)15(8-9-21(3,19)20)13(16)11-4-6-12(7-5-11)14(17)18/h4-7,10H,8-9H2,1-3H3,(H,17,18). The van der Waals surface area contributed by atoms with Crippen LogP contribution in [0.2, 0.25) is 0 Å². The van der Waals surface area contributed by atoms with Crippen LogP contribution in [0.5, 0.6) is 0 Å². The second kappa shape index (κ2) is 6.71. The number of carboxylic acid groups (broad SMARTS) is 1. The van der Waals surface area contributed by atoms with Gasteiger partial charge in [0.05, 0.1) is 11.3 Å². The van der Waals surface area contributed by atoms with Crippen molar-refractivity contribution in [3.05, 3.63) is 35.4 Å². The summed E-state index contributed by atoms with van der Waals surface area (Å²) < 4.78 is 22.5. The number of rotatable bonds is 6. The molecule has 0 saturated heterocycles. The molecule has 0 aliphatic heterocycles. The van der Waals surface area contributed by atoms with E-state index in [1.807, 2.05) is 0 Å². The van der Waals surface area contributed by atoms with Gasteiger partial charge in [-0.1, -0.05) is 0 Å². The summed E-state index contributed by atoms with van der Waals surface area (Å²) in [5.74, 6) is -1.48. The van der Waals surface area contributed by atoms with E-state index in [-0.39, 0.29) is 29.8 Å². The molecule has 0 saturated carbocycles. The van der Waals surface area contributed by atoms with Crippen molar-refractivity contribution in [3.8, 4) is 0 Å². The highest BCUT2D eigenvalue weighted by Crippen LogP contribution is 2.11. The molecule has 1 aromatic rings. The summed E-state index contributed by atoms with van der Waals surface area (Å²) in [6.45, 7) is 3.70. The second-order valence-corrected chi connectivity index (χ2v) is 7.36. The van der Waals surface area contributed by atoms with E-state index in [9.17, 15) is 18.0 Å². The fourth-order valence-electron chi connectivity index (χ4n) is 1.78. The molecular formula is C14H19NO5S. The highest BCUT2D eigenvalue weighted by molar-refractivity contribution is 7.90. The molecule has 0 radical (unpaired) electrons. The van der Waals surface area contributed by atoms with Gasteiger partial charge in [0.1, 0.15) is 9.84 Å². The van der Waals surface area contributed by atoms with Crippen molar-refractivity contribution in [2.24, 2.45) is 0 Å². The highest BCUT2D eigenvalue weighted by Gasteiger charge is 2.20. The summed E-state index contributed by atoms with van der Waals surface area (Å²) in [5.41, 5.74) is 0.431. The molecule has 0 aliphatic carbocycles. The van der Waals surface area contributed by atoms with Gasteiger partial charge < -0.3 is 10.0 Å². The van der Waals surface area contributed by atoms with Gasteiger partial charge in [0, 0.05) is 24.4 Å². The van der Waals surface area contributed by atoms with Gasteiger partial charge in [0.25, 0.3) is 5.91 Å². The van der Waals surface area contributed by atoms with Gasteiger partial charge >= 0.3 is 5.97 Å². The summed E-state index contributed by atoms with van der Waals surface area (Å²) in [6.07, 6.45) is 1.12. The number of nitrogens with zero attached hydrogens (tertiary/aromatic N) is 1. The van der Waals surface area contributed by atoms with Crippen molar-refractivity contribution >= 4 is 21.7 Å². The third-order valence-electron chi connectivity index (χ3n) is 2.97. The molecule has 1 N–H and O–H groups in total. The van der Waals surface area contributed by atoms with Gasteiger partial charge in [0.15, 0.2) is 0 Å². The summed E-state index contributed by atoms with van der Waals surface area (Å²) in [5, 5.41) is 8.82. The number of sulfone groups is 1. The predicted molar refractivity (Wildman–Crippen MR) is 79.3 cm³/mol. The molecule has 0 aliphatic rings. The third-order valence-corrected chi connectivity index (χ3v) is 3.89. The van der Waals surface area contributed by atoms with Crippen molar-refractivity contribution in [1.82, 2.24) is 4.90 Å². The molecule has 21 heavy (non-hydrogen) atoms. The Morgan fingerprint density at radius 3 is 2.00 bits per heavy atom. The smallest absolute Gasteiger partial charge is 0.335 e. The number of hydrogen-bond acceptors (Lipinski definition) is 4. The summed E-state index contributed by atoms with van der Waals surface area (Å²) in [7, 11) is -3.16. The Bertz CT molecular complexity index is 619. The average molecular weight is 313 g/mol. The van der Waals surface area contributed by atoms with Crippen LogP contribution in [0.1, 0.15) is 34.6 Å². The number of carbonyl (C=O) groups excluding carboxylic acids is 1. The van der Waals surface area contributed by atoms with Gasteiger partial charge in [-0.2, -0.15) is 0 Å². The molecule has 0 aromatic heterocycles. The maximum absolute atomic E-state index is 12.4. The van der Waals surface area contributed by atoms with Gasteiger partial charge in [-0.15, -0.1) is 0 Å². The lowest BCUT2D eigenvalue weighted by atomic mass is 10.1. The number of hydrogen-bond donors (Lipinski definition) is 1. The molecular weight excluding hydrogens is 294 g/mol. The monoisotopic (exact) mass is 313 g/mol. The Balaban J connectivity index is 2.92. The predicted octanol–water partition coefficient (Wildman–Crippen LogP) is 1.28. The number of aromatic carboxylic acids is 1. The van der Waals surface area contributed by atoms with E-state index in [0.29, 0.717) is 5.56 Å². The van der Waals surface area contributed by atoms with Crippen molar-refractivity contribution < 1.29 is 23.1 Å². The molecule has 1 aromatic carbocycles. The van der Waals surface area contributed by atoms with Crippen LogP contribution in [0.15, 0.2) is 24.3 Å². The zero-order chi connectivity index (χ0) is 16.2. The van der Waals surface area contributed by atoms with Gasteiger partial charge in [0.2, 0.25) is 0 Å². The maximum Gasteiger partial charge on any atom is 0.335 e. The molecule has 1 rings (SSSR count). The molecule has 0 atom stereocenters. The van der Waals surface area contributed by atoms with Crippen LogP contribution in [-0.4, -0.2) is 54.9 Å². The molecule has 6 nitrogen and oxygen atoms in total. The lowest BCUT2D eigenvalue weighted by Crippen LogP contribution is -2.40. The van der Waals surface area contributed by atoms with Crippen LogP contribution in [0, 0.1) is 0 Å². The highest BCUT2D eigenvalue weighted by atomic mass is 32.2. The number of benzene rings is 1. The van der Waals surface area contributed by atoms with Crippen molar-refractivity contribution in [3.63, 3.8) is 0 Å². The van der Waals surface area contributed by atoms with Crippen molar-refractivity contribution in [2.75, 3.05) is 18.6 Å². The number of carbonyl (C=O) groups is 2. The zero-order valence-corrected chi connectivity index (χ0v) is 13.1. The molecule has 1 amide bonds. The number of carboxylic acids is 1. The van der Waals surface area contributed by atoms with Crippen LogP contribution < -0.4 is 0 Å². The number of amides is 1. The van der Waals surface area contributed by atoms with Crippen LogP contribution in [0.4, 0.5) is 0 Å². The summed E-state index contributed by atoms with van der Waals surface area (Å²) >= 11 is 0. The first-order chi connectivity index (χ1) is 9.61. The van der Waals surface area contributed by atoms with E-state index >= 15 is 0 Å². The van der Waals surface area contributed by atoms with Gasteiger partial charge in [-0.05, 0) is 38.1 Å². The van der Waals surface area contributed by atoms with Crippen LogP contribution in [0.25, 0.3) is 0 Å². The molecule has 116 valence electrons. The topological polar surface area (TPSA) is 91.8 Å². The first-order valence-corrected chi connectivity index (χ1v) is 8.50. The van der Waals surface area contributed by atoms with Gasteiger partial charge in [-0.25, -0.2) is 13.2 Å². The van der Waals surface area contributed by atoms with E-state index in [0.717, 1.165) is 6.26 Å². The Kier molecular flexibility index (Phi) is 5.48. The Hall–Kier alpha value is -1.89. The zero-order valence-electron chi connectivity index (χ0n) is 12.2. The Labute approximate surface area is 124 Å². The van der Waals surface area contributed by atoms with Crippen LogP contribution >= 0.6 is 0 Å². The van der Waals surface area contributed by atoms with E-state index < -0.39 is 15.8 Å². The van der Waals surface area contributed by atoms with E-state index in [1.54, 1.807) is 13.8 Å². The quantitative estimate of drug-likeness (QED) is 0.854. The molecule has 0 spiro atoms. The molecule has 0 bridgehead atoms. The van der Waals surface area contributed by atoms with Gasteiger partial charge in [-0.3, -0.25) is 4.79 Å². The lowest BCUT2D eigenvalue weighted by molar-refractivity contribution is 0.0689. The van der Waals surface area contributed by atoms with E-state index in [4.69, 9.17) is 5.11 Å². The van der Waals surface area contributed by atoms with Crippen LogP contribution in [0.3, 0.4) is 0 Å². The normalized spacial score (nSPS) is 11.4. The SMILES string of the molecule is CC(C)N(CCS(C)(=O)=O)C(=O)c1ccc(C(=O)O)cc1. The molecule has 7 heteroatoms. The molecule has 0 unspecified atom stereocenters. The first kappa shape index (κ1) is 17.2. The van der Waals surface area contributed by atoms with Crippen molar-refractivity contribution in [2.45, 2.75) is 19.9 Å². The minimum absolute atomic E-state index is 0.0961. The first-order valence-electron chi connectivity index (χ1n) is 6.44. The summed E-state index contributed by atoms with van der Waals surface area (Å²) in [4.78, 5) is 24.6. The Morgan fingerprint density at radius 1 is 1.14 bits per heavy atom. The van der Waals surface area contributed by atoms with E-state index in [2.05, 4.69) is 0 Å². The fourth-order valence-corrected chi connectivity index (χ4v) is 2.31. The maximum atomic E-state index is 12.4. The average Bonchev–Trinajstić information content (AvgIpc) is 2.37. The third kappa shape index (κ3) is 5.18. The lowest BCUT2D eigenvalue weighted by Gasteiger charge is -2.26. The van der Waals surface area contributed by atoms with E-state index in [1.165, 1.54) is 29.2 Å². The molecule has 0 fully saturated rings. The minimum Gasteiger partial charge on any atom is -0.478 e. The van der Waals surface area contributed by atoms with Crippen LogP contribution in [-0.2, 0) is 9.84 Å². The second-order valence-electron chi connectivity index (χ2n) is 5.10. The molecule has 0 heterocycles. The largest absolute Gasteiger partial charge is 0.478 e. The minimum atomic E-state index is -3.16. The summed E-state index contributed by atoms with van der Waals surface area (Å²) in [6, 6.07) is 5.41. The Morgan fingerprint density at radius 2 is 1.62 bits per heavy atom.